The summed E-state index contributed by atoms with van der Waals surface area (Å²) in [7, 11) is 1.34. The number of nitrogens with zero attached hydrogens (tertiary/aromatic N) is 2. The van der Waals surface area contributed by atoms with Gasteiger partial charge in [-0.15, -0.1) is 0 Å². The zero-order chi connectivity index (χ0) is 17.9. The molecule has 1 aliphatic rings. The normalized spacial score (nSPS) is 15.8. The first-order chi connectivity index (χ1) is 12.0. The Morgan fingerprint density at radius 3 is 2.56 bits per heavy atom. The lowest BCUT2D eigenvalue weighted by molar-refractivity contribution is -0.137. The molecule has 1 aromatic carbocycles. The maximum absolute atomic E-state index is 13.4. The van der Waals surface area contributed by atoms with Gasteiger partial charge in [-0.25, -0.2) is 9.97 Å². The fourth-order valence-corrected chi connectivity index (χ4v) is 3.12. The quantitative estimate of drug-likeness (QED) is 0.850. The number of alkyl halides is 3. The minimum Gasteiger partial charge on any atom is -0.497 e. The van der Waals surface area contributed by atoms with Gasteiger partial charge in [-0.05, 0) is 37.1 Å². The average Bonchev–Trinajstić information content (AvgIpc) is 2.61. The van der Waals surface area contributed by atoms with Crippen LogP contribution in [0.5, 0.6) is 5.75 Å². The zero-order valence-electron chi connectivity index (χ0n) is 13.9. The molecule has 0 aliphatic heterocycles. The summed E-state index contributed by atoms with van der Waals surface area (Å²) in [6.07, 6.45) is 2.57. The lowest BCUT2D eigenvalue weighted by Crippen LogP contribution is -2.23. The molecule has 3 rings (SSSR count). The van der Waals surface area contributed by atoms with E-state index < -0.39 is 11.7 Å². The van der Waals surface area contributed by atoms with Gasteiger partial charge in [0.15, 0.2) is 0 Å². The van der Waals surface area contributed by atoms with Crippen molar-refractivity contribution in [2.24, 2.45) is 0 Å². The highest BCUT2D eigenvalue weighted by Gasteiger charge is 2.34. The van der Waals surface area contributed by atoms with Crippen LogP contribution in [0.1, 0.15) is 37.7 Å². The third-order valence-electron chi connectivity index (χ3n) is 4.40. The fourth-order valence-electron chi connectivity index (χ4n) is 3.12. The maximum atomic E-state index is 13.4. The number of methoxy groups -OCH3 is 1. The van der Waals surface area contributed by atoms with Crippen LogP contribution in [-0.4, -0.2) is 23.1 Å². The van der Waals surface area contributed by atoms with Crippen molar-refractivity contribution in [1.29, 1.82) is 0 Å². The first-order valence-electron chi connectivity index (χ1n) is 8.32. The lowest BCUT2D eigenvalue weighted by Gasteiger charge is -2.23. The molecule has 0 saturated heterocycles. The number of benzene rings is 1. The van der Waals surface area contributed by atoms with E-state index in [-0.39, 0.29) is 23.0 Å². The van der Waals surface area contributed by atoms with Crippen molar-refractivity contribution in [3.8, 4) is 17.0 Å². The first-order valence-corrected chi connectivity index (χ1v) is 8.32. The monoisotopic (exact) mass is 351 g/mol. The lowest BCUT2D eigenvalue weighted by atomic mass is 9.96. The standard InChI is InChI=1S/C18H20F3N3O/c1-25-13-7-8-14(15(11-13)18(19,20)21)16-9-10-22-17(24-16)23-12-5-3-2-4-6-12/h7-12H,2-6H2,1H3,(H,22,23,24). The fraction of sp³-hybridized carbons (Fsp3) is 0.444. The number of halogens is 3. The van der Waals surface area contributed by atoms with Gasteiger partial charge in [0, 0.05) is 17.8 Å². The van der Waals surface area contributed by atoms with E-state index in [0.29, 0.717) is 5.95 Å². The van der Waals surface area contributed by atoms with Crippen LogP contribution in [0.15, 0.2) is 30.5 Å². The smallest absolute Gasteiger partial charge is 0.417 e. The van der Waals surface area contributed by atoms with E-state index >= 15 is 0 Å². The molecular weight excluding hydrogens is 331 g/mol. The SMILES string of the molecule is COc1ccc(-c2ccnc(NC3CCCCC3)n2)c(C(F)(F)F)c1. The summed E-state index contributed by atoms with van der Waals surface area (Å²) < 4.78 is 45.1. The van der Waals surface area contributed by atoms with Gasteiger partial charge in [0.05, 0.1) is 18.4 Å². The van der Waals surface area contributed by atoms with Crippen molar-refractivity contribution in [3.63, 3.8) is 0 Å². The molecule has 1 heterocycles. The number of ether oxygens (including phenoxy) is 1. The van der Waals surface area contributed by atoms with Crippen LogP contribution in [0.3, 0.4) is 0 Å². The number of aromatic nitrogens is 2. The Morgan fingerprint density at radius 1 is 1.12 bits per heavy atom. The Labute approximate surface area is 144 Å². The van der Waals surface area contributed by atoms with Crippen LogP contribution >= 0.6 is 0 Å². The Morgan fingerprint density at radius 2 is 1.88 bits per heavy atom. The van der Waals surface area contributed by atoms with Crippen LogP contribution in [-0.2, 0) is 6.18 Å². The van der Waals surface area contributed by atoms with E-state index in [1.54, 1.807) is 0 Å². The summed E-state index contributed by atoms with van der Waals surface area (Å²) in [5.41, 5.74) is -0.514. The molecule has 4 nitrogen and oxygen atoms in total. The molecule has 0 atom stereocenters. The van der Waals surface area contributed by atoms with Crippen molar-refractivity contribution >= 4 is 5.95 Å². The molecule has 25 heavy (non-hydrogen) atoms. The predicted octanol–water partition coefficient (Wildman–Crippen LogP) is 4.92. The predicted molar refractivity (Wildman–Crippen MR) is 89.5 cm³/mol. The highest BCUT2D eigenvalue weighted by atomic mass is 19.4. The molecule has 0 spiro atoms. The molecule has 7 heteroatoms. The topological polar surface area (TPSA) is 47.0 Å². The second-order valence-electron chi connectivity index (χ2n) is 6.15. The van der Waals surface area contributed by atoms with Gasteiger partial charge in [-0.1, -0.05) is 19.3 Å². The van der Waals surface area contributed by atoms with E-state index in [4.69, 9.17) is 4.74 Å². The second-order valence-corrected chi connectivity index (χ2v) is 6.15. The molecule has 1 N–H and O–H groups in total. The number of rotatable bonds is 4. The molecule has 1 saturated carbocycles. The largest absolute Gasteiger partial charge is 0.497 e. The average molecular weight is 351 g/mol. The van der Waals surface area contributed by atoms with E-state index in [9.17, 15) is 13.2 Å². The molecule has 134 valence electrons. The third-order valence-corrected chi connectivity index (χ3v) is 4.40. The van der Waals surface area contributed by atoms with Gasteiger partial charge < -0.3 is 10.1 Å². The number of anilines is 1. The molecule has 0 bridgehead atoms. The van der Waals surface area contributed by atoms with Gasteiger partial charge in [0.1, 0.15) is 5.75 Å². The molecule has 2 aromatic rings. The van der Waals surface area contributed by atoms with Gasteiger partial charge in [-0.3, -0.25) is 0 Å². The molecule has 1 aliphatic carbocycles. The highest BCUT2D eigenvalue weighted by molar-refractivity contribution is 5.66. The second kappa shape index (κ2) is 7.29. The Bertz CT molecular complexity index is 728. The van der Waals surface area contributed by atoms with Crippen LogP contribution < -0.4 is 10.1 Å². The van der Waals surface area contributed by atoms with Gasteiger partial charge in [-0.2, -0.15) is 13.2 Å². The van der Waals surface area contributed by atoms with Gasteiger partial charge in [0.25, 0.3) is 0 Å². The minimum atomic E-state index is -4.49. The van der Waals surface area contributed by atoms with E-state index in [1.807, 2.05) is 0 Å². The van der Waals surface area contributed by atoms with Crippen molar-refractivity contribution < 1.29 is 17.9 Å². The van der Waals surface area contributed by atoms with Crippen molar-refractivity contribution in [2.45, 2.75) is 44.3 Å². The molecule has 0 radical (unpaired) electrons. The molecule has 1 aromatic heterocycles. The first kappa shape index (κ1) is 17.5. The van der Waals surface area contributed by atoms with E-state index in [2.05, 4.69) is 15.3 Å². The Hall–Kier alpha value is -2.31. The Kier molecular flexibility index (Phi) is 5.11. The maximum Gasteiger partial charge on any atom is 0.417 e. The van der Waals surface area contributed by atoms with Crippen molar-refractivity contribution in [2.75, 3.05) is 12.4 Å². The molecule has 0 unspecified atom stereocenters. The van der Waals surface area contributed by atoms with Gasteiger partial charge >= 0.3 is 6.18 Å². The summed E-state index contributed by atoms with van der Waals surface area (Å²) in [6, 6.07) is 5.64. The van der Waals surface area contributed by atoms with Crippen molar-refractivity contribution in [1.82, 2.24) is 9.97 Å². The summed E-state index contributed by atoms with van der Waals surface area (Å²) in [5.74, 6) is 0.527. The minimum absolute atomic E-state index is 0.0161. The summed E-state index contributed by atoms with van der Waals surface area (Å²) in [4.78, 5) is 8.46. The van der Waals surface area contributed by atoms with Crippen LogP contribution in [0, 0.1) is 0 Å². The molecule has 1 fully saturated rings. The van der Waals surface area contributed by atoms with Crippen molar-refractivity contribution in [3.05, 3.63) is 36.0 Å². The molecule has 0 amide bonds. The van der Waals surface area contributed by atoms with E-state index in [0.717, 1.165) is 31.7 Å². The summed E-state index contributed by atoms with van der Waals surface area (Å²) in [5, 5.41) is 3.24. The van der Waals surface area contributed by atoms with E-state index in [1.165, 1.54) is 37.9 Å². The van der Waals surface area contributed by atoms with Crippen LogP contribution in [0.2, 0.25) is 0 Å². The number of hydrogen-bond acceptors (Lipinski definition) is 4. The van der Waals surface area contributed by atoms with Gasteiger partial charge in [0.2, 0.25) is 5.95 Å². The summed E-state index contributed by atoms with van der Waals surface area (Å²) in [6.45, 7) is 0. The van der Waals surface area contributed by atoms with Crippen LogP contribution in [0.25, 0.3) is 11.3 Å². The summed E-state index contributed by atoms with van der Waals surface area (Å²) >= 11 is 0. The van der Waals surface area contributed by atoms with Crippen LogP contribution in [0.4, 0.5) is 19.1 Å². The zero-order valence-corrected chi connectivity index (χ0v) is 13.9. The third kappa shape index (κ3) is 4.21. The molecular formula is C18H20F3N3O. The number of nitrogens with one attached hydrogen (secondary N) is 1. The Balaban J connectivity index is 1.92. The highest BCUT2D eigenvalue weighted by Crippen LogP contribution is 2.38. The number of hydrogen-bond donors (Lipinski definition) is 1.